The molecule has 0 heterocycles. The zero-order valence-corrected chi connectivity index (χ0v) is 12.9. The average molecular weight is 334 g/mol. The lowest BCUT2D eigenvalue weighted by Crippen LogP contribution is -2.53. The first-order valence-electron chi connectivity index (χ1n) is 5.88. The topological polar surface area (TPSA) is 41.1 Å². The number of hydrogen-bond donors (Lipinski definition) is 2. The van der Waals surface area contributed by atoms with Crippen molar-refractivity contribution >= 4 is 46.8 Å². The highest BCUT2D eigenvalue weighted by atomic mass is 35.6. The van der Waals surface area contributed by atoms with Crippen LogP contribution in [0.25, 0.3) is 6.08 Å². The molecule has 0 aliphatic rings. The summed E-state index contributed by atoms with van der Waals surface area (Å²) in [6, 6.07) is 9.43. The highest BCUT2D eigenvalue weighted by molar-refractivity contribution is 6.68. The Labute approximate surface area is 133 Å². The van der Waals surface area contributed by atoms with Crippen LogP contribution in [0.2, 0.25) is 0 Å². The molecule has 20 heavy (non-hydrogen) atoms. The van der Waals surface area contributed by atoms with Crippen LogP contribution in [0.1, 0.15) is 5.56 Å². The first-order valence-corrected chi connectivity index (χ1v) is 7.01. The van der Waals surface area contributed by atoms with Gasteiger partial charge in [0.1, 0.15) is 6.17 Å². The molecule has 1 rings (SSSR count). The predicted molar refractivity (Wildman–Crippen MR) is 85.9 cm³/mol. The van der Waals surface area contributed by atoms with E-state index in [0.29, 0.717) is 6.54 Å². The van der Waals surface area contributed by atoms with E-state index in [-0.39, 0.29) is 5.91 Å². The molecule has 0 saturated heterocycles. The number of halogens is 3. The van der Waals surface area contributed by atoms with Crippen LogP contribution in [0, 0.1) is 0 Å². The molecule has 2 N–H and O–H groups in total. The van der Waals surface area contributed by atoms with Crippen LogP contribution in [0.15, 0.2) is 49.1 Å². The summed E-state index contributed by atoms with van der Waals surface area (Å²) in [6.45, 7) is 3.96. The fourth-order valence-electron chi connectivity index (χ4n) is 1.38. The van der Waals surface area contributed by atoms with Crippen LogP contribution < -0.4 is 10.6 Å². The maximum atomic E-state index is 11.8. The van der Waals surface area contributed by atoms with Gasteiger partial charge in [-0.3, -0.25) is 10.1 Å². The molecule has 0 bridgehead atoms. The molecule has 1 amide bonds. The monoisotopic (exact) mass is 332 g/mol. The summed E-state index contributed by atoms with van der Waals surface area (Å²) in [7, 11) is 0. The molecule has 1 aromatic carbocycles. The first-order chi connectivity index (χ1) is 9.43. The summed E-state index contributed by atoms with van der Waals surface area (Å²) < 4.78 is -1.65. The van der Waals surface area contributed by atoms with Gasteiger partial charge in [-0.25, -0.2) is 0 Å². The molecular formula is C14H15Cl3N2O. The van der Waals surface area contributed by atoms with Crippen molar-refractivity contribution in [3.63, 3.8) is 0 Å². The highest BCUT2D eigenvalue weighted by Gasteiger charge is 2.32. The van der Waals surface area contributed by atoms with Gasteiger partial charge in [-0.1, -0.05) is 71.2 Å². The van der Waals surface area contributed by atoms with Crippen molar-refractivity contribution in [3.8, 4) is 0 Å². The lowest BCUT2D eigenvalue weighted by molar-refractivity contribution is -0.117. The van der Waals surface area contributed by atoms with Gasteiger partial charge in [0.05, 0.1) is 0 Å². The number of amides is 1. The third kappa shape index (κ3) is 6.44. The zero-order chi connectivity index (χ0) is 15.0. The van der Waals surface area contributed by atoms with Crippen LogP contribution in [-0.4, -0.2) is 22.4 Å². The summed E-state index contributed by atoms with van der Waals surface area (Å²) >= 11 is 17.4. The predicted octanol–water partition coefficient (Wildman–Crippen LogP) is 3.29. The molecular weight excluding hydrogens is 319 g/mol. The molecule has 0 spiro atoms. The third-order valence-corrected chi connectivity index (χ3v) is 2.96. The normalized spacial score (nSPS) is 13.2. The lowest BCUT2D eigenvalue weighted by Gasteiger charge is -2.25. The summed E-state index contributed by atoms with van der Waals surface area (Å²) in [5, 5.41) is 5.44. The molecule has 1 aromatic rings. The standard InChI is InChI=1S/C14H15Cl3N2O/c1-2-10-18-13(14(15,16)17)19-12(20)9-8-11-6-4-3-5-7-11/h2-9,13,18H,1,10H2,(H,19,20)/b9-8+. The van der Waals surface area contributed by atoms with E-state index >= 15 is 0 Å². The van der Waals surface area contributed by atoms with E-state index in [0.717, 1.165) is 5.56 Å². The molecule has 1 unspecified atom stereocenters. The summed E-state index contributed by atoms with van der Waals surface area (Å²) in [4.78, 5) is 11.8. The maximum absolute atomic E-state index is 11.8. The lowest BCUT2D eigenvalue weighted by atomic mass is 10.2. The molecule has 3 nitrogen and oxygen atoms in total. The Kier molecular flexibility index (Phi) is 7.10. The SMILES string of the molecule is C=CCNC(NC(=O)/C=C/c1ccccc1)C(Cl)(Cl)Cl. The Balaban J connectivity index is 2.62. The molecule has 6 heteroatoms. The largest absolute Gasteiger partial charge is 0.333 e. The van der Waals surface area contributed by atoms with Gasteiger partial charge in [-0.15, -0.1) is 6.58 Å². The Bertz CT molecular complexity index is 469. The molecule has 0 radical (unpaired) electrons. The minimum absolute atomic E-state index is 0.359. The summed E-state index contributed by atoms with van der Waals surface area (Å²) in [6.07, 6.45) is 3.86. The van der Waals surface area contributed by atoms with Gasteiger partial charge in [0.25, 0.3) is 0 Å². The van der Waals surface area contributed by atoms with Gasteiger partial charge in [-0.2, -0.15) is 0 Å². The number of alkyl halides is 3. The quantitative estimate of drug-likeness (QED) is 0.363. The van der Waals surface area contributed by atoms with Crippen molar-refractivity contribution < 1.29 is 4.79 Å². The Morgan fingerprint density at radius 3 is 2.50 bits per heavy atom. The summed E-state index contributed by atoms with van der Waals surface area (Å²) in [5.74, 6) is -0.359. The second-order valence-electron chi connectivity index (χ2n) is 3.92. The van der Waals surface area contributed by atoms with E-state index in [1.165, 1.54) is 6.08 Å². The summed E-state index contributed by atoms with van der Waals surface area (Å²) in [5.41, 5.74) is 0.909. The molecule has 0 aliphatic carbocycles. The van der Waals surface area contributed by atoms with Crippen LogP contribution in [0.3, 0.4) is 0 Å². The average Bonchev–Trinajstić information content (AvgIpc) is 2.41. The van der Waals surface area contributed by atoms with Crippen molar-refractivity contribution in [3.05, 3.63) is 54.6 Å². The Hall–Kier alpha value is -1.000. The molecule has 108 valence electrons. The van der Waals surface area contributed by atoms with Gasteiger partial charge in [0.15, 0.2) is 0 Å². The van der Waals surface area contributed by atoms with E-state index in [1.54, 1.807) is 12.2 Å². The molecule has 1 atom stereocenters. The number of benzene rings is 1. The number of hydrogen-bond acceptors (Lipinski definition) is 2. The van der Waals surface area contributed by atoms with Crippen LogP contribution >= 0.6 is 34.8 Å². The van der Waals surface area contributed by atoms with E-state index in [1.807, 2.05) is 30.3 Å². The van der Waals surface area contributed by atoms with Crippen molar-refractivity contribution in [1.29, 1.82) is 0 Å². The van der Waals surface area contributed by atoms with Crippen LogP contribution in [0.5, 0.6) is 0 Å². The van der Waals surface area contributed by atoms with Crippen molar-refractivity contribution in [1.82, 2.24) is 10.6 Å². The third-order valence-electron chi connectivity index (χ3n) is 2.31. The number of rotatable bonds is 6. The van der Waals surface area contributed by atoms with Gasteiger partial charge < -0.3 is 5.32 Å². The van der Waals surface area contributed by atoms with Crippen molar-refractivity contribution in [2.24, 2.45) is 0 Å². The van der Waals surface area contributed by atoms with Gasteiger partial charge in [0.2, 0.25) is 9.70 Å². The van der Waals surface area contributed by atoms with Crippen molar-refractivity contribution in [2.45, 2.75) is 9.96 Å². The maximum Gasteiger partial charge on any atom is 0.245 e. The van der Waals surface area contributed by atoms with E-state index in [2.05, 4.69) is 17.2 Å². The fraction of sp³-hybridized carbons (Fsp3) is 0.214. The molecule has 0 fully saturated rings. The number of nitrogens with one attached hydrogen (secondary N) is 2. The van der Waals surface area contributed by atoms with Crippen LogP contribution in [0.4, 0.5) is 0 Å². The van der Waals surface area contributed by atoms with Gasteiger partial charge >= 0.3 is 0 Å². The minimum Gasteiger partial charge on any atom is -0.333 e. The second-order valence-corrected chi connectivity index (χ2v) is 6.29. The minimum atomic E-state index is -1.65. The smallest absolute Gasteiger partial charge is 0.245 e. The van der Waals surface area contributed by atoms with E-state index < -0.39 is 9.96 Å². The molecule has 0 aliphatic heterocycles. The fourth-order valence-corrected chi connectivity index (χ4v) is 1.77. The van der Waals surface area contributed by atoms with E-state index in [4.69, 9.17) is 34.8 Å². The number of carbonyl (C=O) groups excluding carboxylic acids is 1. The van der Waals surface area contributed by atoms with Gasteiger partial charge in [0, 0.05) is 12.6 Å². The van der Waals surface area contributed by atoms with Gasteiger partial charge in [-0.05, 0) is 11.6 Å². The number of carbonyl (C=O) groups is 1. The van der Waals surface area contributed by atoms with Crippen molar-refractivity contribution in [2.75, 3.05) is 6.54 Å². The molecule has 0 aromatic heterocycles. The zero-order valence-electron chi connectivity index (χ0n) is 10.7. The Morgan fingerprint density at radius 1 is 1.30 bits per heavy atom. The van der Waals surface area contributed by atoms with Crippen LogP contribution in [-0.2, 0) is 4.79 Å². The molecule has 0 saturated carbocycles. The second kappa shape index (κ2) is 8.32. The highest BCUT2D eigenvalue weighted by Crippen LogP contribution is 2.28. The Morgan fingerprint density at radius 2 is 1.95 bits per heavy atom. The first kappa shape index (κ1) is 17.1. The van der Waals surface area contributed by atoms with E-state index in [9.17, 15) is 4.79 Å².